The summed E-state index contributed by atoms with van der Waals surface area (Å²) in [4.78, 5) is 14.5. The van der Waals surface area contributed by atoms with E-state index >= 15 is 0 Å². The van der Waals surface area contributed by atoms with Crippen molar-refractivity contribution in [1.29, 1.82) is 0 Å². The number of thiazole rings is 1. The maximum absolute atomic E-state index is 13.0. The van der Waals surface area contributed by atoms with Crippen molar-refractivity contribution in [2.45, 2.75) is 6.54 Å². The molecule has 0 saturated carbocycles. The lowest BCUT2D eigenvalue weighted by atomic mass is 10.3. The highest BCUT2D eigenvalue weighted by Gasteiger charge is 2.08. The topological polar surface area (TPSA) is 62.2 Å². The lowest BCUT2D eigenvalue weighted by molar-refractivity contribution is 0.0696. The van der Waals surface area contributed by atoms with Crippen LogP contribution < -0.4 is 5.32 Å². The molecule has 0 saturated heterocycles. The molecular formula is C11H8ClFN2O2S. The molecule has 0 bridgehead atoms. The van der Waals surface area contributed by atoms with Crippen molar-refractivity contribution in [3.8, 4) is 0 Å². The second-order valence-electron chi connectivity index (χ2n) is 3.46. The molecule has 0 aliphatic rings. The number of benzene rings is 1. The van der Waals surface area contributed by atoms with Crippen LogP contribution in [-0.4, -0.2) is 16.1 Å². The van der Waals surface area contributed by atoms with Gasteiger partial charge in [-0.15, -0.1) is 11.3 Å². The van der Waals surface area contributed by atoms with Gasteiger partial charge in [0, 0.05) is 16.1 Å². The molecule has 0 aliphatic carbocycles. The van der Waals surface area contributed by atoms with Gasteiger partial charge in [0.15, 0.2) is 0 Å². The molecule has 0 unspecified atom stereocenters. The second kappa shape index (κ2) is 5.32. The summed E-state index contributed by atoms with van der Waals surface area (Å²) in [5, 5.41) is 13.6. The number of aromatic nitrogens is 1. The number of carboxylic acid groups (broad SMARTS) is 1. The van der Waals surface area contributed by atoms with Crippen LogP contribution >= 0.6 is 22.9 Å². The molecule has 0 aliphatic heterocycles. The molecule has 2 rings (SSSR count). The number of nitrogens with zero attached hydrogens (tertiary/aromatic N) is 1. The SMILES string of the molecule is O=C(O)c1nc(CNc2cc(F)cc(Cl)c2)cs1. The van der Waals surface area contributed by atoms with Gasteiger partial charge in [-0.05, 0) is 18.2 Å². The van der Waals surface area contributed by atoms with Crippen LogP contribution in [0.3, 0.4) is 0 Å². The van der Waals surface area contributed by atoms with Gasteiger partial charge in [0.1, 0.15) is 5.82 Å². The third kappa shape index (κ3) is 3.18. The van der Waals surface area contributed by atoms with Gasteiger partial charge in [0.2, 0.25) is 5.01 Å². The second-order valence-corrected chi connectivity index (χ2v) is 4.76. The molecule has 2 aromatic rings. The zero-order valence-electron chi connectivity index (χ0n) is 8.98. The van der Waals surface area contributed by atoms with E-state index in [1.807, 2.05) is 0 Å². The van der Waals surface area contributed by atoms with Crippen LogP contribution in [0.1, 0.15) is 15.5 Å². The van der Waals surface area contributed by atoms with Crippen LogP contribution in [-0.2, 0) is 6.54 Å². The van der Waals surface area contributed by atoms with Gasteiger partial charge in [-0.1, -0.05) is 11.6 Å². The maximum Gasteiger partial charge on any atom is 0.365 e. The number of carbonyl (C=O) groups is 1. The number of halogens is 2. The molecule has 18 heavy (non-hydrogen) atoms. The monoisotopic (exact) mass is 286 g/mol. The van der Waals surface area contributed by atoms with Gasteiger partial charge in [0.05, 0.1) is 12.2 Å². The van der Waals surface area contributed by atoms with Crippen molar-refractivity contribution in [2.24, 2.45) is 0 Å². The minimum Gasteiger partial charge on any atom is -0.476 e. The zero-order valence-corrected chi connectivity index (χ0v) is 10.6. The summed E-state index contributed by atoms with van der Waals surface area (Å²) in [5.41, 5.74) is 1.10. The first-order valence-corrected chi connectivity index (χ1v) is 6.18. The summed E-state index contributed by atoms with van der Waals surface area (Å²) in [7, 11) is 0. The Morgan fingerprint density at radius 3 is 2.89 bits per heavy atom. The highest BCUT2D eigenvalue weighted by molar-refractivity contribution is 7.11. The fourth-order valence-electron chi connectivity index (χ4n) is 1.33. The molecule has 2 N–H and O–H groups in total. The molecule has 0 fully saturated rings. The molecule has 7 heteroatoms. The molecule has 4 nitrogen and oxygen atoms in total. The molecule has 0 radical (unpaired) electrons. The third-order valence-corrected chi connectivity index (χ3v) is 3.17. The first-order chi connectivity index (χ1) is 8.54. The van der Waals surface area contributed by atoms with Crippen LogP contribution in [0.4, 0.5) is 10.1 Å². The predicted molar refractivity (Wildman–Crippen MR) is 67.8 cm³/mol. The molecule has 1 aromatic heterocycles. The Hall–Kier alpha value is -1.66. The van der Waals surface area contributed by atoms with Gasteiger partial charge in [-0.25, -0.2) is 14.2 Å². The summed E-state index contributed by atoms with van der Waals surface area (Å²) in [6, 6.07) is 4.09. The van der Waals surface area contributed by atoms with E-state index in [4.69, 9.17) is 16.7 Å². The predicted octanol–water partition coefficient (Wildman–Crippen LogP) is 3.25. The fraction of sp³-hybridized carbons (Fsp3) is 0.0909. The van der Waals surface area contributed by atoms with Gasteiger partial charge in [-0.3, -0.25) is 0 Å². The third-order valence-electron chi connectivity index (χ3n) is 2.07. The average molecular weight is 287 g/mol. The summed E-state index contributed by atoms with van der Waals surface area (Å²) >= 11 is 6.75. The number of anilines is 1. The molecule has 1 aromatic carbocycles. The summed E-state index contributed by atoms with van der Waals surface area (Å²) in [5.74, 6) is -1.49. The van der Waals surface area contributed by atoms with Crippen LogP contribution in [0, 0.1) is 5.82 Å². The van der Waals surface area contributed by atoms with E-state index in [-0.39, 0.29) is 5.01 Å². The minimum atomic E-state index is -1.06. The van der Waals surface area contributed by atoms with Gasteiger partial charge in [0.25, 0.3) is 0 Å². The first kappa shape index (κ1) is 12.8. The number of aromatic carboxylic acids is 1. The Balaban J connectivity index is 2.04. The Labute approximate surface area is 111 Å². The number of carboxylic acids is 1. The van der Waals surface area contributed by atoms with Gasteiger partial charge >= 0.3 is 5.97 Å². The Morgan fingerprint density at radius 2 is 2.28 bits per heavy atom. The summed E-state index contributed by atoms with van der Waals surface area (Å²) in [6.07, 6.45) is 0. The standard InChI is InChI=1S/C11H8ClFN2O2S/c12-6-1-7(13)3-8(2-6)14-4-9-5-18-10(15-9)11(16)17/h1-3,5,14H,4H2,(H,16,17). The van der Waals surface area contributed by atoms with Gasteiger partial charge in [-0.2, -0.15) is 0 Å². The Bertz CT molecular complexity index is 568. The molecule has 0 atom stereocenters. The summed E-state index contributed by atoms with van der Waals surface area (Å²) in [6.45, 7) is 0.309. The normalized spacial score (nSPS) is 10.3. The zero-order chi connectivity index (χ0) is 13.1. The van der Waals surface area contributed by atoms with E-state index in [2.05, 4.69) is 10.3 Å². The van der Waals surface area contributed by atoms with Crippen LogP contribution in [0.5, 0.6) is 0 Å². The molecule has 0 amide bonds. The van der Waals surface area contributed by atoms with Crippen molar-refractivity contribution >= 4 is 34.6 Å². The van der Waals surface area contributed by atoms with Crippen LogP contribution in [0.2, 0.25) is 5.02 Å². The van der Waals surface area contributed by atoms with Crippen LogP contribution in [0.25, 0.3) is 0 Å². The summed E-state index contributed by atoms with van der Waals surface area (Å²) < 4.78 is 13.0. The highest BCUT2D eigenvalue weighted by Crippen LogP contribution is 2.19. The first-order valence-electron chi connectivity index (χ1n) is 4.92. The van der Waals surface area contributed by atoms with Crippen molar-refractivity contribution < 1.29 is 14.3 Å². The average Bonchev–Trinajstić information content (AvgIpc) is 2.73. The van der Waals surface area contributed by atoms with E-state index < -0.39 is 11.8 Å². The lowest BCUT2D eigenvalue weighted by Gasteiger charge is -2.05. The Kier molecular flexibility index (Phi) is 3.78. The molecular weight excluding hydrogens is 279 g/mol. The number of rotatable bonds is 4. The maximum atomic E-state index is 13.0. The van der Waals surface area contributed by atoms with Gasteiger partial charge < -0.3 is 10.4 Å². The lowest BCUT2D eigenvalue weighted by Crippen LogP contribution is -2.01. The minimum absolute atomic E-state index is 0.0316. The molecule has 1 heterocycles. The number of hydrogen-bond acceptors (Lipinski definition) is 4. The molecule has 94 valence electrons. The fourth-order valence-corrected chi connectivity index (χ4v) is 2.21. The van der Waals surface area contributed by atoms with E-state index in [0.717, 1.165) is 11.3 Å². The van der Waals surface area contributed by atoms with Crippen LogP contribution in [0.15, 0.2) is 23.6 Å². The quantitative estimate of drug-likeness (QED) is 0.906. The number of nitrogens with one attached hydrogen (secondary N) is 1. The van der Waals surface area contributed by atoms with Crippen molar-refractivity contribution in [2.75, 3.05) is 5.32 Å². The highest BCUT2D eigenvalue weighted by atomic mass is 35.5. The van der Waals surface area contributed by atoms with E-state index in [0.29, 0.717) is 22.9 Å². The van der Waals surface area contributed by atoms with E-state index in [9.17, 15) is 9.18 Å². The van der Waals surface area contributed by atoms with E-state index in [1.54, 1.807) is 11.4 Å². The largest absolute Gasteiger partial charge is 0.476 e. The molecule has 0 spiro atoms. The number of hydrogen-bond donors (Lipinski definition) is 2. The smallest absolute Gasteiger partial charge is 0.365 e. The Morgan fingerprint density at radius 1 is 1.50 bits per heavy atom. The van der Waals surface area contributed by atoms with Crippen molar-refractivity contribution in [1.82, 2.24) is 4.98 Å². The van der Waals surface area contributed by atoms with Crippen molar-refractivity contribution in [3.05, 3.63) is 45.1 Å². The van der Waals surface area contributed by atoms with E-state index in [1.165, 1.54) is 12.1 Å². The van der Waals surface area contributed by atoms with Crippen molar-refractivity contribution in [3.63, 3.8) is 0 Å².